The highest BCUT2D eigenvalue weighted by Gasteiger charge is 2.32. The number of piperidine rings is 1. The zero-order valence-corrected chi connectivity index (χ0v) is 16.0. The monoisotopic (exact) mass is 401 g/mol. The second-order valence-corrected chi connectivity index (χ2v) is 8.87. The van der Waals surface area contributed by atoms with E-state index in [2.05, 4.69) is 10.1 Å². The van der Waals surface area contributed by atoms with Crippen molar-refractivity contribution in [2.24, 2.45) is 0 Å². The van der Waals surface area contributed by atoms with Gasteiger partial charge in [-0.2, -0.15) is 4.98 Å². The van der Waals surface area contributed by atoms with E-state index >= 15 is 0 Å². The standard InChI is InChI=1S/C20H20FN3O3S/c21-18-10-8-16(9-11-18)19-22-20(27-23-19)17-7-4-12-24(13-17)28(25,26)14-15-5-2-1-3-6-15/h1-3,5-6,8-11,17H,4,7,12-14H2/t17-/m0/s1. The van der Waals surface area contributed by atoms with Crippen molar-refractivity contribution in [1.29, 1.82) is 0 Å². The smallest absolute Gasteiger partial charge is 0.231 e. The van der Waals surface area contributed by atoms with Gasteiger partial charge in [0.05, 0.1) is 11.7 Å². The largest absolute Gasteiger partial charge is 0.339 e. The minimum Gasteiger partial charge on any atom is -0.339 e. The quantitative estimate of drug-likeness (QED) is 0.653. The Labute approximate surface area is 163 Å². The summed E-state index contributed by atoms with van der Waals surface area (Å²) in [6, 6.07) is 15.0. The van der Waals surface area contributed by atoms with Crippen LogP contribution in [0.2, 0.25) is 0 Å². The molecular weight excluding hydrogens is 381 g/mol. The maximum Gasteiger partial charge on any atom is 0.231 e. The summed E-state index contributed by atoms with van der Waals surface area (Å²) in [6.07, 6.45) is 1.51. The molecule has 28 heavy (non-hydrogen) atoms. The molecule has 0 aliphatic carbocycles. The van der Waals surface area contributed by atoms with Crippen LogP contribution in [-0.2, 0) is 15.8 Å². The van der Waals surface area contributed by atoms with E-state index < -0.39 is 10.0 Å². The second-order valence-electron chi connectivity index (χ2n) is 6.90. The number of sulfonamides is 1. The Bertz CT molecular complexity index is 1040. The van der Waals surface area contributed by atoms with Gasteiger partial charge < -0.3 is 4.52 Å². The molecule has 1 aliphatic heterocycles. The molecule has 2 heterocycles. The second kappa shape index (κ2) is 7.81. The normalized spacial score (nSPS) is 18.2. The van der Waals surface area contributed by atoms with E-state index in [4.69, 9.17) is 4.52 Å². The molecule has 4 rings (SSSR count). The number of rotatable bonds is 5. The molecule has 0 radical (unpaired) electrons. The van der Waals surface area contributed by atoms with E-state index in [1.807, 2.05) is 30.3 Å². The van der Waals surface area contributed by atoms with Gasteiger partial charge in [0.25, 0.3) is 0 Å². The zero-order valence-electron chi connectivity index (χ0n) is 15.2. The predicted molar refractivity (Wildman–Crippen MR) is 102 cm³/mol. The molecule has 0 amide bonds. The zero-order chi connectivity index (χ0) is 19.6. The van der Waals surface area contributed by atoms with Gasteiger partial charge in [-0.15, -0.1) is 0 Å². The number of aromatic nitrogens is 2. The molecule has 0 unspecified atom stereocenters. The van der Waals surface area contributed by atoms with E-state index in [0.717, 1.165) is 18.4 Å². The summed E-state index contributed by atoms with van der Waals surface area (Å²) in [5.41, 5.74) is 1.42. The van der Waals surface area contributed by atoms with Crippen LogP contribution in [0.4, 0.5) is 4.39 Å². The third-order valence-corrected chi connectivity index (χ3v) is 6.68. The molecule has 1 saturated heterocycles. The molecule has 3 aromatic rings. The first kappa shape index (κ1) is 18.8. The fourth-order valence-corrected chi connectivity index (χ4v) is 5.00. The van der Waals surface area contributed by atoms with Gasteiger partial charge in [-0.1, -0.05) is 35.5 Å². The van der Waals surface area contributed by atoms with Crippen LogP contribution in [-0.4, -0.2) is 36.0 Å². The highest BCUT2D eigenvalue weighted by Crippen LogP contribution is 2.29. The maximum atomic E-state index is 13.1. The number of hydrogen-bond donors (Lipinski definition) is 0. The highest BCUT2D eigenvalue weighted by atomic mass is 32.2. The molecular formula is C20H20FN3O3S. The lowest BCUT2D eigenvalue weighted by Gasteiger charge is -2.30. The summed E-state index contributed by atoms with van der Waals surface area (Å²) in [4.78, 5) is 4.41. The van der Waals surface area contributed by atoms with Crippen LogP contribution in [0.5, 0.6) is 0 Å². The Morgan fingerprint density at radius 3 is 2.61 bits per heavy atom. The third-order valence-electron chi connectivity index (χ3n) is 4.86. The summed E-state index contributed by atoms with van der Waals surface area (Å²) in [6.45, 7) is 0.810. The van der Waals surface area contributed by atoms with Gasteiger partial charge in [0.1, 0.15) is 5.82 Å². The minimum atomic E-state index is -3.43. The van der Waals surface area contributed by atoms with Crippen LogP contribution in [0.3, 0.4) is 0 Å². The summed E-state index contributed by atoms with van der Waals surface area (Å²) in [7, 11) is -3.43. The van der Waals surface area contributed by atoms with E-state index in [9.17, 15) is 12.8 Å². The maximum absolute atomic E-state index is 13.1. The van der Waals surface area contributed by atoms with Crippen LogP contribution in [0.25, 0.3) is 11.4 Å². The highest BCUT2D eigenvalue weighted by molar-refractivity contribution is 7.88. The Morgan fingerprint density at radius 2 is 1.86 bits per heavy atom. The third kappa shape index (κ3) is 4.13. The van der Waals surface area contributed by atoms with Crippen LogP contribution < -0.4 is 0 Å². The Morgan fingerprint density at radius 1 is 1.11 bits per heavy atom. The molecule has 1 fully saturated rings. The molecule has 146 valence electrons. The fourth-order valence-electron chi connectivity index (χ4n) is 3.39. The lowest BCUT2D eigenvalue weighted by atomic mass is 10.00. The van der Waals surface area contributed by atoms with Crippen LogP contribution in [0.15, 0.2) is 59.1 Å². The molecule has 8 heteroatoms. The van der Waals surface area contributed by atoms with Gasteiger partial charge in [0.15, 0.2) is 0 Å². The molecule has 1 aromatic heterocycles. The molecule has 6 nitrogen and oxygen atoms in total. The van der Waals surface area contributed by atoms with Crippen molar-refractivity contribution in [2.75, 3.05) is 13.1 Å². The minimum absolute atomic E-state index is 0.0226. The molecule has 0 N–H and O–H groups in total. The summed E-state index contributed by atoms with van der Waals surface area (Å²) < 4.78 is 45.6. The first-order valence-corrected chi connectivity index (χ1v) is 10.7. The Balaban J connectivity index is 1.49. The summed E-state index contributed by atoms with van der Waals surface area (Å²) in [5.74, 6) is 0.281. The molecule has 2 aromatic carbocycles. The van der Waals surface area contributed by atoms with E-state index in [1.165, 1.54) is 16.4 Å². The predicted octanol–water partition coefficient (Wildman–Crippen LogP) is 3.59. The topological polar surface area (TPSA) is 76.3 Å². The van der Waals surface area contributed by atoms with Gasteiger partial charge in [0, 0.05) is 18.7 Å². The van der Waals surface area contributed by atoms with Crippen molar-refractivity contribution in [3.8, 4) is 11.4 Å². The van der Waals surface area contributed by atoms with Crippen molar-refractivity contribution in [3.63, 3.8) is 0 Å². The number of benzene rings is 2. The van der Waals surface area contributed by atoms with Gasteiger partial charge in [-0.05, 0) is 42.7 Å². The first-order chi connectivity index (χ1) is 13.5. The Hall–Kier alpha value is -2.58. The summed E-state index contributed by atoms with van der Waals surface area (Å²) >= 11 is 0. The average Bonchev–Trinajstić information content (AvgIpc) is 3.19. The number of hydrogen-bond acceptors (Lipinski definition) is 5. The molecule has 0 saturated carbocycles. The molecule has 1 atom stereocenters. The van der Waals surface area contributed by atoms with Crippen LogP contribution in [0.1, 0.15) is 30.2 Å². The van der Waals surface area contributed by atoms with Gasteiger partial charge in [0.2, 0.25) is 21.7 Å². The van der Waals surface area contributed by atoms with E-state index in [-0.39, 0.29) is 17.5 Å². The van der Waals surface area contributed by atoms with Gasteiger partial charge in [-0.3, -0.25) is 0 Å². The van der Waals surface area contributed by atoms with Crippen molar-refractivity contribution in [3.05, 3.63) is 71.9 Å². The lowest BCUT2D eigenvalue weighted by molar-refractivity contribution is 0.265. The number of nitrogens with zero attached hydrogens (tertiary/aromatic N) is 3. The van der Waals surface area contributed by atoms with Crippen molar-refractivity contribution < 1.29 is 17.3 Å². The van der Waals surface area contributed by atoms with Crippen LogP contribution in [0, 0.1) is 5.82 Å². The molecule has 1 aliphatic rings. The molecule has 0 bridgehead atoms. The fraction of sp³-hybridized carbons (Fsp3) is 0.300. The Kier molecular flexibility index (Phi) is 5.23. The van der Waals surface area contributed by atoms with Gasteiger partial charge in [-0.25, -0.2) is 17.1 Å². The lowest BCUT2D eigenvalue weighted by Crippen LogP contribution is -2.39. The number of halogens is 1. The average molecular weight is 401 g/mol. The van der Waals surface area contributed by atoms with Gasteiger partial charge >= 0.3 is 0 Å². The van der Waals surface area contributed by atoms with Crippen LogP contribution >= 0.6 is 0 Å². The van der Waals surface area contributed by atoms with Crippen molar-refractivity contribution in [2.45, 2.75) is 24.5 Å². The first-order valence-electron chi connectivity index (χ1n) is 9.12. The molecule has 0 spiro atoms. The van der Waals surface area contributed by atoms with Crippen molar-refractivity contribution in [1.82, 2.24) is 14.4 Å². The van der Waals surface area contributed by atoms with E-state index in [1.54, 1.807) is 12.1 Å². The van der Waals surface area contributed by atoms with Crippen molar-refractivity contribution >= 4 is 10.0 Å². The summed E-state index contributed by atoms with van der Waals surface area (Å²) in [5, 5.41) is 3.97. The SMILES string of the molecule is O=S(=O)(Cc1ccccc1)N1CCC[C@H](c2nc(-c3ccc(F)cc3)no2)C1. The van der Waals surface area contributed by atoms with E-state index in [0.29, 0.717) is 30.4 Å².